The van der Waals surface area contributed by atoms with Gasteiger partial charge in [0, 0.05) is 11.4 Å². The van der Waals surface area contributed by atoms with E-state index in [0.717, 1.165) is 4.47 Å². The Bertz CT molecular complexity index is 700. The zero-order valence-corrected chi connectivity index (χ0v) is 15.6. The highest BCUT2D eigenvalue weighted by atomic mass is 79.9. The number of anilines is 1. The molecule has 1 aliphatic rings. The third-order valence-corrected chi connectivity index (χ3v) is 5.70. The van der Waals surface area contributed by atoms with Crippen LogP contribution in [-0.4, -0.2) is 24.4 Å². The molecule has 0 spiro atoms. The van der Waals surface area contributed by atoms with Gasteiger partial charge in [-0.3, -0.25) is 9.36 Å². The van der Waals surface area contributed by atoms with Crippen molar-refractivity contribution in [3.05, 3.63) is 40.4 Å². The van der Waals surface area contributed by atoms with Crippen LogP contribution in [0.3, 0.4) is 0 Å². The summed E-state index contributed by atoms with van der Waals surface area (Å²) >= 11 is 3.37. The third kappa shape index (κ3) is 3.91. The SMILES string of the molecule is CCOC1=CP(=O)(OCC)C(C(C)=O)=NN1c1ccc(Br)cc1. The van der Waals surface area contributed by atoms with Crippen molar-refractivity contribution in [3.63, 3.8) is 0 Å². The molecule has 0 bridgehead atoms. The molecule has 1 aromatic carbocycles. The largest absolute Gasteiger partial charge is 0.478 e. The first-order valence-corrected chi connectivity index (χ1v) is 9.65. The third-order valence-electron chi connectivity index (χ3n) is 2.98. The molecule has 0 saturated carbocycles. The zero-order valence-electron chi connectivity index (χ0n) is 13.2. The summed E-state index contributed by atoms with van der Waals surface area (Å²) in [6.07, 6.45) is 0. The second kappa shape index (κ2) is 7.43. The molecule has 0 amide bonds. The number of rotatable bonds is 6. The topological polar surface area (TPSA) is 68.2 Å². The van der Waals surface area contributed by atoms with Crippen molar-refractivity contribution in [3.8, 4) is 0 Å². The van der Waals surface area contributed by atoms with Gasteiger partial charge in [-0.05, 0) is 38.1 Å². The monoisotopic (exact) mass is 400 g/mol. The molecule has 1 atom stereocenters. The lowest BCUT2D eigenvalue weighted by atomic mass is 10.3. The first-order valence-electron chi connectivity index (χ1n) is 7.17. The Morgan fingerprint density at radius 2 is 1.91 bits per heavy atom. The summed E-state index contributed by atoms with van der Waals surface area (Å²) in [6, 6.07) is 7.32. The van der Waals surface area contributed by atoms with Crippen LogP contribution in [0.5, 0.6) is 0 Å². The average molecular weight is 401 g/mol. The first-order chi connectivity index (χ1) is 10.9. The Morgan fingerprint density at radius 3 is 2.43 bits per heavy atom. The van der Waals surface area contributed by atoms with Gasteiger partial charge in [-0.25, -0.2) is 0 Å². The number of halogens is 1. The van der Waals surface area contributed by atoms with Gasteiger partial charge in [-0.15, -0.1) is 0 Å². The number of ether oxygens (including phenoxy) is 1. The molecule has 1 unspecified atom stereocenters. The molecule has 0 fully saturated rings. The summed E-state index contributed by atoms with van der Waals surface area (Å²) < 4.78 is 24.8. The lowest BCUT2D eigenvalue weighted by molar-refractivity contribution is -0.110. The summed E-state index contributed by atoms with van der Waals surface area (Å²) in [6.45, 7) is 5.43. The quantitative estimate of drug-likeness (QED) is 0.665. The number of nitrogens with zero attached hydrogens (tertiary/aromatic N) is 2. The second-order valence-electron chi connectivity index (χ2n) is 4.68. The van der Waals surface area contributed by atoms with Crippen LogP contribution in [-0.2, 0) is 18.6 Å². The smallest absolute Gasteiger partial charge is 0.282 e. The highest BCUT2D eigenvalue weighted by molar-refractivity contribution is 9.10. The van der Waals surface area contributed by atoms with Crippen LogP contribution in [0.1, 0.15) is 20.8 Å². The fourth-order valence-corrected chi connectivity index (χ4v) is 4.16. The lowest BCUT2D eigenvalue weighted by Gasteiger charge is -2.29. The maximum atomic E-state index is 13.0. The number of carbonyl (C=O) groups excluding carboxylic acids is 1. The Balaban J connectivity index is 2.54. The molecular formula is C15H18BrN2O4P. The van der Waals surface area contributed by atoms with Crippen molar-refractivity contribution < 1.29 is 18.6 Å². The molecule has 23 heavy (non-hydrogen) atoms. The van der Waals surface area contributed by atoms with Crippen LogP contribution in [0.4, 0.5) is 5.69 Å². The van der Waals surface area contributed by atoms with Crippen molar-refractivity contribution in [2.24, 2.45) is 5.10 Å². The Labute approximate surface area is 143 Å². The maximum absolute atomic E-state index is 13.0. The van der Waals surface area contributed by atoms with Crippen molar-refractivity contribution in [1.82, 2.24) is 0 Å². The number of carbonyl (C=O) groups is 1. The van der Waals surface area contributed by atoms with E-state index in [2.05, 4.69) is 21.0 Å². The van der Waals surface area contributed by atoms with Crippen molar-refractivity contribution >= 4 is 40.2 Å². The highest BCUT2D eigenvalue weighted by Gasteiger charge is 2.38. The van der Waals surface area contributed by atoms with E-state index >= 15 is 0 Å². The van der Waals surface area contributed by atoms with Crippen LogP contribution in [0.25, 0.3) is 0 Å². The van der Waals surface area contributed by atoms with Crippen LogP contribution >= 0.6 is 23.3 Å². The van der Waals surface area contributed by atoms with Gasteiger partial charge in [0.05, 0.1) is 24.7 Å². The van der Waals surface area contributed by atoms with E-state index in [1.165, 1.54) is 17.7 Å². The van der Waals surface area contributed by atoms with E-state index in [4.69, 9.17) is 9.26 Å². The number of benzene rings is 1. The molecule has 124 valence electrons. The molecule has 1 aliphatic heterocycles. The number of ketones is 1. The predicted octanol–water partition coefficient (Wildman–Crippen LogP) is 4.32. The summed E-state index contributed by atoms with van der Waals surface area (Å²) in [5, 5.41) is 5.72. The Morgan fingerprint density at radius 1 is 1.26 bits per heavy atom. The summed E-state index contributed by atoms with van der Waals surface area (Å²) in [5.41, 5.74) is 0.597. The minimum Gasteiger partial charge on any atom is -0.478 e. The maximum Gasteiger partial charge on any atom is 0.282 e. The number of Topliss-reactive ketones (excluding diaryl/α,β-unsaturated/α-hetero) is 1. The van der Waals surface area contributed by atoms with Gasteiger partial charge in [0.15, 0.2) is 11.2 Å². The van der Waals surface area contributed by atoms with Crippen molar-refractivity contribution in [2.75, 3.05) is 18.2 Å². The Hall–Kier alpha value is -1.43. The predicted molar refractivity (Wildman–Crippen MR) is 93.7 cm³/mol. The molecule has 1 heterocycles. The van der Waals surface area contributed by atoms with Crippen LogP contribution in [0.2, 0.25) is 0 Å². The van der Waals surface area contributed by atoms with Gasteiger partial charge in [0.1, 0.15) is 0 Å². The van der Waals surface area contributed by atoms with Gasteiger partial charge < -0.3 is 9.26 Å². The first kappa shape index (κ1) is 17.9. The minimum absolute atomic E-state index is 0.0919. The minimum atomic E-state index is -3.47. The average Bonchev–Trinajstić information content (AvgIpc) is 2.48. The molecule has 0 saturated heterocycles. The van der Waals surface area contributed by atoms with E-state index < -0.39 is 13.2 Å². The summed E-state index contributed by atoms with van der Waals surface area (Å²) in [4.78, 5) is 11.9. The standard InChI is InChI=1S/C15H18BrN2O4P/c1-4-21-14-10-23(20,22-5-2)15(11(3)19)17-18(14)13-8-6-12(16)7-9-13/h6-10H,4-5H2,1-3H3. The van der Waals surface area contributed by atoms with Crippen LogP contribution in [0, 0.1) is 0 Å². The molecular weight excluding hydrogens is 383 g/mol. The molecule has 0 aromatic heterocycles. The number of hydrogen-bond acceptors (Lipinski definition) is 6. The van der Waals surface area contributed by atoms with E-state index in [1.54, 1.807) is 6.92 Å². The van der Waals surface area contributed by atoms with Gasteiger partial charge in [-0.1, -0.05) is 15.9 Å². The fourth-order valence-electron chi connectivity index (χ4n) is 2.06. The van der Waals surface area contributed by atoms with Crippen LogP contribution in [0.15, 0.2) is 45.5 Å². The normalized spacial score (nSPS) is 20.8. The second-order valence-corrected chi connectivity index (χ2v) is 7.73. The molecule has 0 N–H and O–H groups in total. The van der Waals surface area contributed by atoms with Gasteiger partial charge in [0.25, 0.3) is 7.37 Å². The van der Waals surface area contributed by atoms with Gasteiger partial charge in [0.2, 0.25) is 5.88 Å². The molecule has 0 aliphatic carbocycles. The van der Waals surface area contributed by atoms with Crippen molar-refractivity contribution in [1.29, 1.82) is 0 Å². The summed E-state index contributed by atoms with van der Waals surface area (Å²) in [7, 11) is -3.47. The van der Waals surface area contributed by atoms with E-state index in [-0.39, 0.29) is 17.9 Å². The van der Waals surface area contributed by atoms with E-state index in [9.17, 15) is 9.36 Å². The van der Waals surface area contributed by atoms with Gasteiger partial charge >= 0.3 is 0 Å². The molecule has 1 aromatic rings. The lowest BCUT2D eigenvalue weighted by Crippen LogP contribution is -2.27. The highest BCUT2D eigenvalue weighted by Crippen LogP contribution is 2.54. The molecule has 2 rings (SSSR count). The fraction of sp³-hybridized carbons (Fsp3) is 0.333. The zero-order chi connectivity index (χ0) is 17.0. The van der Waals surface area contributed by atoms with Crippen LogP contribution < -0.4 is 5.01 Å². The summed E-state index contributed by atoms with van der Waals surface area (Å²) in [5.74, 6) is 1.26. The van der Waals surface area contributed by atoms with Gasteiger partial charge in [-0.2, -0.15) is 10.1 Å². The van der Waals surface area contributed by atoms with Crippen molar-refractivity contribution in [2.45, 2.75) is 20.8 Å². The number of hydrogen-bond donors (Lipinski definition) is 0. The van der Waals surface area contributed by atoms with E-state index in [0.29, 0.717) is 12.3 Å². The molecule has 8 heteroatoms. The molecule has 6 nitrogen and oxygen atoms in total. The molecule has 0 radical (unpaired) electrons. The Kier molecular flexibility index (Phi) is 5.79. The van der Waals surface area contributed by atoms with E-state index in [1.807, 2.05) is 31.2 Å². The number of hydrazone groups is 1.